The number of aromatic nitrogens is 1. The van der Waals surface area contributed by atoms with Gasteiger partial charge in [-0.25, -0.2) is 4.79 Å². The number of carbonyl (C=O) groups is 2. The second-order valence-corrected chi connectivity index (χ2v) is 4.98. The van der Waals surface area contributed by atoms with Gasteiger partial charge in [0, 0.05) is 18.8 Å². The summed E-state index contributed by atoms with van der Waals surface area (Å²) in [5.41, 5.74) is 1.86. The van der Waals surface area contributed by atoms with Crippen molar-refractivity contribution in [2.24, 2.45) is 0 Å². The number of urea groups is 1. The van der Waals surface area contributed by atoms with Crippen LogP contribution in [0.2, 0.25) is 0 Å². The molecule has 0 aliphatic carbocycles. The van der Waals surface area contributed by atoms with Crippen molar-refractivity contribution < 1.29 is 9.59 Å². The largest absolute Gasteiger partial charge is 0.325 e. The first-order valence-electron chi connectivity index (χ1n) is 6.79. The molecule has 0 spiro atoms. The average molecular weight is 281 g/mol. The highest BCUT2D eigenvalue weighted by atomic mass is 16.2. The third-order valence-electron chi connectivity index (χ3n) is 3.45. The number of nitrogens with one attached hydrogen (secondary N) is 1. The van der Waals surface area contributed by atoms with Crippen LogP contribution in [0.15, 0.2) is 54.9 Å². The third-order valence-corrected chi connectivity index (χ3v) is 3.45. The van der Waals surface area contributed by atoms with Crippen LogP contribution in [0.5, 0.6) is 0 Å². The Balaban J connectivity index is 1.70. The molecule has 0 saturated carbocycles. The molecular formula is C16H15N3O2. The van der Waals surface area contributed by atoms with Gasteiger partial charge in [-0.3, -0.25) is 14.7 Å². The van der Waals surface area contributed by atoms with Gasteiger partial charge in [-0.05, 0) is 17.2 Å². The lowest BCUT2D eigenvalue weighted by Gasteiger charge is -2.12. The van der Waals surface area contributed by atoms with Crippen LogP contribution in [0, 0.1) is 0 Å². The monoisotopic (exact) mass is 281 g/mol. The van der Waals surface area contributed by atoms with Crippen LogP contribution in [0.4, 0.5) is 4.79 Å². The zero-order chi connectivity index (χ0) is 14.7. The van der Waals surface area contributed by atoms with Gasteiger partial charge in [0.25, 0.3) is 5.91 Å². The molecule has 3 amide bonds. The van der Waals surface area contributed by atoms with Gasteiger partial charge in [0.1, 0.15) is 6.04 Å². The lowest BCUT2D eigenvalue weighted by molar-refractivity contribution is -0.127. The highest BCUT2D eigenvalue weighted by Gasteiger charge is 2.37. The van der Waals surface area contributed by atoms with Crippen molar-refractivity contribution in [3.8, 4) is 0 Å². The SMILES string of the molecule is O=C1NC(Cc2ccccc2)C(=O)N1Cc1cccnc1. The molecule has 1 aliphatic rings. The van der Waals surface area contributed by atoms with Gasteiger partial charge < -0.3 is 5.32 Å². The van der Waals surface area contributed by atoms with E-state index in [1.54, 1.807) is 18.5 Å². The van der Waals surface area contributed by atoms with Crippen LogP contribution in [-0.4, -0.2) is 27.9 Å². The number of amides is 3. The first-order chi connectivity index (χ1) is 10.2. The zero-order valence-corrected chi connectivity index (χ0v) is 11.4. The number of benzene rings is 1. The van der Waals surface area contributed by atoms with E-state index in [9.17, 15) is 9.59 Å². The van der Waals surface area contributed by atoms with E-state index in [4.69, 9.17) is 0 Å². The van der Waals surface area contributed by atoms with Crippen molar-refractivity contribution in [2.45, 2.75) is 19.0 Å². The standard InChI is InChI=1S/C16H15N3O2/c20-15-14(9-12-5-2-1-3-6-12)18-16(21)19(15)11-13-7-4-8-17-10-13/h1-8,10,14H,9,11H2,(H,18,21). The van der Waals surface area contributed by atoms with Crippen LogP contribution in [-0.2, 0) is 17.8 Å². The van der Waals surface area contributed by atoms with E-state index < -0.39 is 6.04 Å². The predicted octanol–water partition coefficient (Wildman–Crippen LogP) is 1.74. The molecule has 1 N–H and O–H groups in total. The van der Waals surface area contributed by atoms with E-state index in [2.05, 4.69) is 10.3 Å². The molecule has 0 radical (unpaired) electrons. The Morgan fingerprint density at radius 1 is 1.05 bits per heavy atom. The lowest BCUT2D eigenvalue weighted by Crippen LogP contribution is -2.32. The fourth-order valence-corrected chi connectivity index (χ4v) is 2.39. The van der Waals surface area contributed by atoms with E-state index >= 15 is 0 Å². The molecule has 1 saturated heterocycles. The zero-order valence-electron chi connectivity index (χ0n) is 11.4. The summed E-state index contributed by atoms with van der Waals surface area (Å²) in [7, 11) is 0. The van der Waals surface area contributed by atoms with Crippen molar-refractivity contribution in [2.75, 3.05) is 0 Å². The van der Waals surface area contributed by atoms with Gasteiger partial charge in [0.2, 0.25) is 0 Å². The minimum atomic E-state index is -0.489. The molecule has 21 heavy (non-hydrogen) atoms. The fraction of sp³-hybridized carbons (Fsp3) is 0.188. The predicted molar refractivity (Wildman–Crippen MR) is 77.3 cm³/mol. The Bertz CT molecular complexity index is 643. The van der Waals surface area contributed by atoms with Gasteiger partial charge in [0.05, 0.1) is 6.54 Å². The Hall–Kier alpha value is -2.69. The molecule has 0 bridgehead atoms. The van der Waals surface area contributed by atoms with Crippen LogP contribution < -0.4 is 5.32 Å². The first-order valence-corrected chi connectivity index (χ1v) is 6.79. The topological polar surface area (TPSA) is 62.3 Å². The number of carbonyl (C=O) groups excluding carboxylic acids is 2. The number of hydrogen-bond acceptors (Lipinski definition) is 3. The molecule has 1 aliphatic heterocycles. The van der Waals surface area contributed by atoms with E-state index in [0.717, 1.165) is 11.1 Å². The van der Waals surface area contributed by atoms with Crippen molar-refractivity contribution in [3.05, 3.63) is 66.0 Å². The average Bonchev–Trinajstić information content (AvgIpc) is 2.77. The van der Waals surface area contributed by atoms with E-state index in [-0.39, 0.29) is 18.5 Å². The quantitative estimate of drug-likeness (QED) is 0.868. The first kappa shape index (κ1) is 13.3. The van der Waals surface area contributed by atoms with Crippen LogP contribution in [0.1, 0.15) is 11.1 Å². The Morgan fingerprint density at radius 3 is 2.52 bits per heavy atom. The normalized spacial score (nSPS) is 17.9. The Labute approximate surface area is 122 Å². The maximum absolute atomic E-state index is 12.3. The number of hydrogen-bond donors (Lipinski definition) is 1. The fourth-order valence-electron chi connectivity index (χ4n) is 2.39. The van der Waals surface area contributed by atoms with Crippen LogP contribution >= 0.6 is 0 Å². The molecule has 2 heterocycles. The molecule has 1 atom stereocenters. The summed E-state index contributed by atoms with van der Waals surface area (Å²) in [6.07, 6.45) is 3.83. The minimum absolute atomic E-state index is 0.187. The summed E-state index contributed by atoms with van der Waals surface area (Å²) in [6, 6.07) is 12.5. The molecule has 106 valence electrons. The van der Waals surface area contributed by atoms with Gasteiger partial charge in [0.15, 0.2) is 0 Å². The molecule has 1 aromatic carbocycles. The van der Waals surface area contributed by atoms with E-state index in [1.165, 1.54) is 4.90 Å². The summed E-state index contributed by atoms with van der Waals surface area (Å²) >= 11 is 0. The smallest absolute Gasteiger partial charge is 0.325 e. The second kappa shape index (κ2) is 5.75. The van der Waals surface area contributed by atoms with Crippen LogP contribution in [0.25, 0.3) is 0 Å². The third kappa shape index (κ3) is 2.91. The second-order valence-electron chi connectivity index (χ2n) is 4.98. The molecule has 5 nitrogen and oxygen atoms in total. The summed E-state index contributed by atoms with van der Waals surface area (Å²) < 4.78 is 0. The number of imide groups is 1. The van der Waals surface area contributed by atoms with E-state index in [0.29, 0.717) is 6.42 Å². The highest BCUT2D eigenvalue weighted by molar-refractivity contribution is 6.04. The molecule has 1 aromatic heterocycles. The molecule has 2 aromatic rings. The summed E-state index contributed by atoms with van der Waals surface area (Å²) in [4.78, 5) is 29.5. The lowest BCUT2D eigenvalue weighted by atomic mass is 10.1. The van der Waals surface area contributed by atoms with Crippen molar-refractivity contribution in [1.82, 2.24) is 15.2 Å². The van der Waals surface area contributed by atoms with Crippen molar-refractivity contribution >= 4 is 11.9 Å². The molecule has 1 unspecified atom stereocenters. The molecule has 1 fully saturated rings. The molecule has 5 heteroatoms. The minimum Gasteiger partial charge on any atom is -0.325 e. The van der Waals surface area contributed by atoms with Crippen molar-refractivity contribution in [1.29, 1.82) is 0 Å². The summed E-state index contributed by atoms with van der Waals surface area (Å²) in [5, 5.41) is 2.74. The van der Waals surface area contributed by atoms with Gasteiger partial charge >= 0.3 is 6.03 Å². The van der Waals surface area contributed by atoms with Crippen LogP contribution in [0.3, 0.4) is 0 Å². The number of rotatable bonds is 4. The molecule has 3 rings (SSSR count). The number of pyridine rings is 1. The summed E-state index contributed by atoms with van der Waals surface area (Å²) in [5.74, 6) is -0.187. The summed E-state index contributed by atoms with van der Waals surface area (Å²) in [6.45, 7) is 0.254. The van der Waals surface area contributed by atoms with Gasteiger partial charge in [-0.2, -0.15) is 0 Å². The van der Waals surface area contributed by atoms with Gasteiger partial charge in [-0.15, -0.1) is 0 Å². The Kier molecular flexibility index (Phi) is 3.64. The molecular weight excluding hydrogens is 266 g/mol. The van der Waals surface area contributed by atoms with Crippen molar-refractivity contribution in [3.63, 3.8) is 0 Å². The maximum atomic E-state index is 12.3. The number of nitrogens with zero attached hydrogens (tertiary/aromatic N) is 2. The van der Waals surface area contributed by atoms with E-state index in [1.807, 2.05) is 36.4 Å². The highest BCUT2D eigenvalue weighted by Crippen LogP contribution is 2.14. The van der Waals surface area contributed by atoms with Gasteiger partial charge in [-0.1, -0.05) is 36.4 Å². The Morgan fingerprint density at radius 2 is 1.81 bits per heavy atom. The maximum Gasteiger partial charge on any atom is 0.325 e.